The van der Waals surface area contributed by atoms with E-state index in [-0.39, 0.29) is 36.2 Å². The van der Waals surface area contributed by atoms with Crippen molar-refractivity contribution in [3.05, 3.63) is 79.4 Å². The molecule has 0 aromatic heterocycles. The van der Waals surface area contributed by atoms with E-state index in [0.29, 0.717) is 30.8 Å². The Kier molecular flexibility index (Phi) is 11.0. The number of non-ortho nitro benzene ring substituents is 1. The normalized spacial score (nSPS) is 9.84. The number of nitro groups is 2. The van der Waals surface area contributed by atoms with E-state index < -0.39 is 9.85 Å². The zero-order chi connectivity index (χ0) is 24.1. The molecule has 0 N–H and O–H groups in total. The number of rotatable bonds is 9. The summed E-state index contributed by atoms with van der Waals surface area (Å²) in [5, 5.41) is 21.1. The minimum absolute atomic E-state index is 0.0163. The van der Waals surface area contributed by atoms with Gasteiger partial charge in [0.15, 0.2) is 0 Å². The molecule has 0 radical (unpaired) electrons. The fraction of sp³-hybridized carbons (Fsp3) is 0.364. The van der Waals surface area contributed by atoms with Gasteiger partial charge in [0.2, 0.25) is 0 Å². The number of ether oxygens (including phenoxy) is 2. The minimum atomic E-state index is -0.478. The van der Waals surface area contributed by atoms with Gasteiger partial charge in [-0.2, -0.15) is 0 Å². The maximum atomic E-state index is 11.3. The second-order valence-electron chi connectivity index (χ2n) is 6.46. The highest BCUT2D eigenvalue weighted by atomic mass is 16.6. The molecule has 10 heteroatoms. The zero-order valence-electron chi connectivity index (χ0n) is 18.2. The van der Waals surface area contributed by atoms with Gasteiger partial charge in [-0.25, -0.2) is 0 Å². The van der Waals surface area contributed by atoms with E-state index in [4.69, 9.17) is 9.47 Å². The summed E-state index contributed by atoms with van der Waals surface area (Å²) in [7, 11) is 0. The molecule has 172 valence electrons. The van der Waals surface area contributed by atoms with Crippen molar-refractivity contribution < 1.29 is 28.9 Å². The standard InChI is InChI=1S/C12H15NO4.C10H11NO4/c1-3-10-7-9(8-12(14)17-4-2)5-6-11(10)13(15)16;1-2-15-10(12)7-8-3-5-9(6-4-8)11(13)14/h5-7H,3-4,8H2,1-2H3;3-6H,2,7H2,1H3. The van der Waals surface area contributed by atoms with Gasteiger partial charge in [0.25, 0.3) is 11.4 Å². The molecule has 0 heterocycles. The van der Waals surface area contributed by atoms with Crippen LogP contribution >= 0.6 is 0 Å². The molecule has 0 aliphatic rings. The summed E-state index contributed by atoms with van der Waals surface area (Å²) in [6, 6.07) is 10.6. The molecular formula is C22H26N2O8. The van der Waals surface area contributed by atoms with Crippen LogP contribution in [0.4, 0.5) is 11.4 Å². The van der Waals surface area contributed by atoms with Gasteiger partial charge in [0, 0.05) is 23.8 Å². The molecule has 0 unspecified atom stereocenters. The van der Waals surface area contributed by atoms with Crippen LogP contribution in [0.25, 0.3) is 0 Å². The number of hydrogen-bond donors (Lipinski definition) is 0. The van der Waals surface area contributed by atoms with Gasteiger partial charge in [-0.05, 0) is 37.5 Å². The number of carbonyl (C=O) groups excluding carboxylic acids is 2. The van der Waals surface area contributed by atoms with Crippen molar-refractivity contribution in [2.75, 3.05) is 13.2 Å². The third-order valence-electron chi connectivity index (χ3n) is 4.18. The smallest absolute Gasteiger partial charge is 0.310 e. The van der Waals surface area contributed by atoms with E-state index in [0.717, 1.165) is 5.56 Å². The number of carbonyl (C=O) groups is 2. The largest absolute Gasteiger partial charge is 0.466 e. The second kappa shape index (κ2) is 13.5. The lowest BCUT2D eigenvalue weighted by Gasteiger charge is -2.05. The van der Waals surface area contributed by atoms with Crippen molar-refractivity contribution in [1.82, 2.24) is 0 Å². The van der Waals surface area contributed by atoms with Gasteiger partial charge >= 0.3 is 11.9 Å². The van der Waals surface area contributed by atoms with Crippen LogP contribution in [0.3, 0.4) is 0 Å². The van der Waals surface area contributed by atoms with Crippen LogP contribution in [0.5, 0.6) is 0 Å². The van der Waals surface area contributed by atoms with Crippen molar-refractivity contribution >= 4 is 23.3 Å². The summed E-state index contributed by atoms with van der Waals surface area (Å²) in [5.41, 5.74) is 2.20. The van der Waals surface area contributed by atoms with E-state index in [1.54, 1.807) is 38.1 Å². The third kappa shape index (κ3) is 8.90. The molecule has 2 aromatic carbocycles. The summed E-state index contributed by atoms with van der Waals surface area (Å²) in [6.07, 6.45) is 0.859. The Hall–Kier alpha value is -3.82. The number of esters is 2. The molecule has 0 saturated carbocycles. The Bertz CT molecular complexity index is 941. The van der Waals surface area contributed by atoms with Crippen LogP contribution in [0, 0.1) is 20.2 Å². The second-order valence-corrected chi connectivity index (χ2v) is 6.46. The Morgan fingerprint density at radius 2 is 1.28 bits per heavy atom. The van der Waals surface area contributed by atoms with Crippen molar-refractivity contribution in [2.24, 2.45) is 0 Å². The number of aryl methyl sites for hydroxylation is 1. The minimum Gasteiger partial charge on any atom is -0.466 e. The highest BCUT2D eigenvalue weighted by Crippen LogP contribution is 2.21. The van der Waals surface area contributed by atoms with Gasteiger partial charge in [0.05, 0.1) is 35.9 Å². The van der Waals surface area contributed by atoms with Crippen LogP contribution in [0.2, 0.25) is 0 Å². The van der Waals surface area contributed by atoms with Gasteiger partial charge in [-0.1, -0.05) is 25.1 Å². The molecule has 0 bridgehead atoms. The maximum absolute atomic E-state index is 11.3. The lowest BCUT2D eigenvalue weighted by atomic mass is 10.0. The van der Waals surface area contributed by atoms with Crippen molar-refractivity contribution in [1.29, 1.82) is 0 Å². The van der Waals surface area contributed by atoms with Crippen LogP contribution < -0.4 is 0 Å². The number of nitro benzene ring substituents is 2. The Morgan fingerprint density at radius 1 is 0.781 bits per heavy atom. The average molecular weight is 446 g/mol. The Morgan fingerprint density at radius 3 is 1.72 bits per heavy atom. The van der Waals surface area contributed by atoms with Gasteiger partial charge < -0.3 is 9.47 Å². The molecule has 0 atom stereocenters. The summed E-state index contributed by atoms with van der Waals surface area (Å²) in [6.45, 7) is 5.99. The van der Waals surface area contributed by atoms with Gasteiger partial charge in [0.1, 0.15) is 0 Å². The monoisotopic (exact) mass is 446 g/mol. The van der Waals surface area contributed by atoms with E-state index in [1.165, 1.54) is 18.2 Å². The summed E-state index contributed by atoms with van der Waals surface area (Å²) in [5.74, 6) is -0.644. The molecule has 0 amide bonds. The van der Waals surface area contributed by atoms with Crippen LogP contribution in [-0.4, -0.2) is 35.0 Å². The molecule has 0 spiro atoms. The van der Waals surface area contributed by atoms with E-state index in [1.807, 2.05) is 6.92 Å². The fourth-order valence-corrected chi connectivity index (χ4v) is 2.70. The molecule has 2 aromatic rings. The first kappa shape index (κ1) is 26.2. The van der Waals surface area contributed by atoms with Crippen LogP contribution in [0.15, 0.2) is 42.5 Å². The molecule has 10 nitrogen and oxygen atoms in total. The number of benzene rings is 2. The highest BCUT2D eigenvalue weighted by Gasteiger charge is 2.14. The first-order valence-corrected chi connectivity index (χ1v) is 10.0. The molecular weight excluding hydrogens is 420 g/mol. The van der Waals surface area contributed by atoms with Crippen molar-refractivity contribution in [2.45, 2.75) is 40.0 Å². The quantitative estimate of drug-likeness (QED) is 0.320. The van der Waals surface area contributed by atoms with Crippen molar-refractivity contribution in [3.63, 3.8) is 0 Å². The summed E-state index contributed by atoms with van der Waals surface area (Å²) < 4.78 is 9.57. The molecule has 2 rings (SSSR count). The fourth-order valence-electron chi connectivity index (χ4n) is 2.70. The maximum Gasteiger partial charge on any atom is 0.310 e. The van der Waals surface area contributed by atoms with E-state index >= 15 is 0 Å². The zero-order valence-corrected chi connectivity index (χ0v) is 18.2. The Balaban J connectivity index is 0.000000323. The first-order chi connectivity index (χ1) is 15.2. The van der Waals surface area contributed by atoms with Crippen LogP contribution in [0.1, 0.15) is 37.5 Å². The van der Waals surface area contributed by atoms with Gasteiger partial charge in [-0.15, -0.1) is 0 Å². The highest BCUT2D eigenvalue weighted by molar-refractivity contribution is 5.73. The van der Waals surface area contributed by atoms with E-state index in [2.05, 4.69) is 0 Å². The lowest BCUT2D eigenvalue weighted by molar-refractivity contribution is -0.385. The summed E-state index contributed by atoms with van der Waals surface area (Å²) in [4.78, 5) is 42.5. The first-order valence-electron chi connectivity index (χ1n) is 10.0. The SMILES string of the molecule is CCOC(=O)Cc1ccc([N+](=O)[O-])c(CC)c1.CCOC(=O)Cc1ccc([N+](=O)[O-])cc1. The number of nitrogens with zero attached hydrogens (tertiary/aromatic N) is 2. The average Bonchev–Trinajstić information content (AvgIpc) is 2.74. The summed E-state index contributed by atoms with van der Waals surface area (Å²) >= 11 is 0. The van der Waals surface area contributed by atoms with Gasteiger partial charge in [-0.3, -0.25) is 29.8 Å². The molecule has 0 saturated heterocycles. The lowest BCUT2D eigenvalue weighted by Crippen LogP contribution is -2.08. The predicted molar refractivity (Wildman–Crippen MR) is 116 cm³/mol. The molecule has 32 heavy (non-hydrogen) atoms. The molecule has 0 aliphatic heterocycles. The van der Waals surface area contributed by atoms with Crippen molar-refractivity contribution in [3.8, 4) is 0 Å². The van der Waals surface area contributed by atoms with Crippen LogP contribution in [-0.2, 0) is 38.3 Å². The number of hydrogen-bond acceptors (Lipinski definition) is 8. The topological polar surface area (TPSA) is 139 Å². The van der Waals surface area contributed by atoms with E-state index in [9.17, 15) is 29.8 Å². The Labute approximate surface area is 185 Å². The molecule has 0 aliphatic carbocycles. The molecule has 0 fully saturated rings. The predicted octanol–water partition coefficient (Wildman–Crippen LogP) is 3.96. The third-order valence-corrected chi connectivity index (χ3v) is 4.18.